The lowest BCUT2D eigenvalue weighted by Gasteiger charge is -2.18. The zero-order valence-electron chi connectivity index (χ0n) is 13.0. The van der Waals surface area contributed by atoms with E-state index in [0.717, 1.165) is 36.1 Å². The maximum absolute atomic E-state index is 13.0. The van der Waals surface area contributed by atoms with Crippen LogP contribution >= 0.6 is 11.3 Å². The molecular formula is C16H20N2O3S. The Balaban J connectivity index is 2.37. The summed E-state index contributed by atoms with van der Waals surface area (Å²) in [5.74, 6) is -0.446. The van der Waals surface area contributed by atoms with Crippen molar-refractivity contribution in [2.75, 3.05) is 0 Å². The average molecular weight is 320 g/mol. The second-order valence-electron chi connectivity index (χ2n) is 6.21. The molecule has 0 saturated carbocycles. The van der Waals surface area contributed by atoms with Gasteiger partial charge in [0.15, 0.2) is 0 Å². The highest BCUT2D eigenvalue weighted by molar-refractivity contribution is 7.18. The van der Waals surface area contributed by atoms with Crippen molar-refractivity contribution in [3.8, 4) is 0 Å². The van der Waals surface area contributed by atoms with Gasteiger partial charge in [0.1, 0.15) is 16.7 Å². The third kappa shape index (κ3) is 2.26. The molecule has 1 aliphatic carbocycles. The van der Waals surface area contributed by atoms with Crippen LogP contribution in [0.1, 0.15) is 61.8 Å². The highest BCUT2D eigenvalue weighted by Crippen LogP contribution is 2.34. The lowest BCUT2D eigenvalue weighted by Crippen LogP contribution is -2.32. The van der Waals surface area contributed by atoms with Crippen molar-refractivity contribution in [3.63, 3.8) is 0 Å². The Hall–Kier alpha value is -1.69. The average Bonchev–Trinajstić information content (AvgIpc) is 2.84. The fraction of sp³-hybridized carbons (Fsp3) is 0.562. The molecule has 118 valence electrons. The van der Waals surface area contributed by atoms with Crippen molar-refractivity contribution in [1.82, 2.24) is 9.55 Å². The highest BCUT2D eigenvalue weighted by atomic mass is 32.1. The van der Waals surface area contributed by atoms with E-state index in [9.17, 15) is 14.7 Å². The van der Waals surface area contributed by atoms with E-state index in [1.165, 1.54) is 9.44 Å². The summed E-state index contributed by atoms with van der Waals surface area (Å²) in [6.45, 7) is 5.42. The second kappa shape index (κ2) is 5.50. The minimum absolute atomic E-state index is 0.00183. The van der Waals surface area contributed by atoms with Crippen LogP contribution < -0.4 is 5.56 Å². The molecule has 0 radical (unpaired) electrons. The molecule has 0 fully saturated rings. The van der Waals surface area contributed by atoms with Crippen LogP contribution in [0, 0.1) is 0 Å². The van der Waals surface area contributed by atoms with Crippen LogP contribution in [0.2, 0.25) is 0 Å². The fourth-order valence-electron chi connectivity index (χ4n) is 3.13. The third-order valence-corrected chi connectivity index (χ3v) is 5.50. The van der Waals surface area contributed by atoms with Gasteiger partial charge in [0.05, 0.1) is 5.39 Å². The van der Waals surface area contributed by atoms with Gasteiger partial charge in [0, 0.05) is 10.8 Å². The van der Waals surface area contributed by atoms with Crippen molar-refractivity contribution < 1.29 is 9.90 Å². The minimum atomic E-state index is -1.01. The molecule has 1 N–H and O–H groups in total. The normalized spacial score (nSPS) is 16.0. The quantitative estimate of drug-likeness (QED) is 0.943. The predicted octanol–water partition coefficient (Wildman–Crippen LogP) is 3.11. The number of fused-ring (bicyclic) bond motifs is 3. The number of aromatic nitrogens is 2. The summed E-state index contributed by atoms with van der Waals surface area (Å²) in [4.78, 5) is 31.1. The van der Waals surface area contributed by atoms with Gasteiger partial charge in [-0.15, -0.1) is 11.3 Å². The Morgan fingerprint density at radius 1 is 1.27 bits per heavy atom. The highest BCUT2D eigenvalue weighted by Gasteiger charge is 2.26. The van der Waals surface area contributed by atoms with Crippen LogP contribution in [-0.4, -0.2) is 20.6 Å². The molecule has 6 heteroatoms. The SMILES string of the molecule is CC(C)c1nc2sc3c(c2c(=O)n1C(C)C(=O)O)CCCC3. The van der Waals surface area contributed by atoms with Gasteiger partial charge >= 0.3 is 5.97 Å². The first-order valence-corrected chi connectivity index (χ1v) is 8.53. The summed E-state index contributed by atoms with van der Waals surface area (Å²) in [6, 6.07) is -0.902. The zero-order chi connectivity index (χ0) is 16.0. The fourth-order valence-corrected chi connectivity index (χ4v) is 4.38. The molecule has 0 amide bonds. The summed E-state index contributed by atoms with van der Waals surface area (Å²) >= 11 is 1.60. The number of aryl methyl sites for hydroxylation is 2. The van der Waals surface area contributed by atoms with E-state index < -0.39 is 12.0 Å². The van der Waals surface area contributed by atoms with Gasteiger partial charge in [-0.25, -0.2) is 9.78 Å². The number of hydrogen-bond donors (Lipinski definition) is 1. The van der Waals surface area contributed by atoms with Crippen LogP contribution in [0.25, 0.3) is 10.2 Å². The van der Waals surface area contributed by atoms with Crippen LogP contribution in [0.15, 0.2) is 4.79 Å². The Morgan fingerprint density at radius 3 is 2.59 bits per heavy atom. The first-order valence-electron chi connectivity index (χ1n) is 7.71. The number of hydrogen-bond acceptors (Lipinski definition) is 4. The molecule has 2 heterocycles. The van der Waals surface area contributed by atoms with E-state index in [0.29, 0.717) is 11.2 Å². The molecule has 2 aromatic heterocycles. The number of aliphatic carboxylic acids is 1. The van der Waals surface area contributed by atoms with E-state index in [4.69, 9.17) is 0 Å². The standard InChI is InChI=1S/C16H20N2O3S/c1-8(2)13-17-14-12(10-6-4-5-7-11(10)22-14)15(19)18(13)9(3)16(20)21/h8-9H,4-7H2,1-3H3,(H,20,21). The predicted molar refractivity (Wildman–Crippen MR) is 87.0 cm³/mol. The van der Waals surface area contributed by atoms with Gasteiger partial charge < -0.3 is 5.11 Å². The topological polar surface area (TPSA) is 72.2 Å². The van der Waals surface area contributed by atoms with Crippen molar-refractivity contribution in [3.05, 3.63) is 26.6 Å². The number of carboxylic acids is 1. The molecule has 0 spiro atoms. The third-order valence-electron chi connectivity index (χ3n) is 4.31. The summed E-state index contributed by atoms with van der Waals surface area (Å²) in [5, 5.41) is 9.99. The smallest absolute Gasteiger partial charge is 0.326 e. The van der Waals surface area contributed by atoms with Crippen LogP contribution in [0.5, 0.6) is 0 Å². The number of nitrogens with zero attached hydrogens (tertiary/aromatic N) is 2. The number of rotatable bonds is 3. The van der Waals surface area contributed by atoms with Gasteiger partial charge in [-0.05, 0) is 38.2 Å². The molecule has 22 heavy (non-hydrogen) atoms. The Morgan fingerprint density at radius 2 is 1.95 bits per heavy atom. The molecule has 0 saturated heterocycles. The molecule has 0 bridgehead atoms. The molecule has 3 rings (SSSR count). The van der Waals surface area contributed by atoms with Crippen molar-refractivity contribution >= 4 is 27.5 Å². The number of thiophene rings is 1. The molecule has 2 aromatic rings. The van der Waals surface area contributed by atoms with Crippen molar-refractivity contribution in [2.24, 2.45) is 0 Å². The van der Waals surface area contributed by atoms with Crippen LogP contribution in [-0.2, 0) is 17.6 Å². The van der Waals surface area contributed by atoms with Gasteiger partial charge in [0.25, 0.3) is 5.56 Å². The van der Waals surface area contributed by atoms with Crippen molar-refractivity contribution in [1.29, 1.82) is 0 Å². The summed E-state index contributed by atoms with van der Waals surface area (Å²) in [7, 11) is 0. The van der Waals surface area contributed by atoms with E-state index in [1.807, 2.05) is 13.8 Å². The number of carboxylic acid groups (broad SMARTS) is 1. The van der Waals surface area contributed by atoms with E-state index in [2.05, 4.69) is 4.98 Å². The molecule has 0 aliphatic heterocycles. The molecule has 1 atom stereocenters. The Labute approximate surface area is 132 Å². The molecular weight excluding hydrogens is 300 g/mol. The maximum Gasteiger partial charge on any atom is 0.326 e. The molecule has 0 aromatic carbocycles. The minimum Gasteiger partial charge on any atom is -0.480 e. The second-order valence-corrected chi connectivity index (χ2v) is 7.29. The van der Waals surface area contributed by atoms with Gasteiger partial charge in [-0.1, -0.05) is 13.8 Å². The monoisotopic (exact) mass is 320 g/mol. The summed E-state index contributed by atoms with van der Waals surface area (Å²) in [6.07, 6.45) is 4.13. The lowest BCUT2D eigenvalue weighted by atomic mass is 9.97. The molecule has 1 unspecified atom stereocenters. The first-order chi connectivity index (χ1) is 10.4. The van der Waals surface area contributed by atoms with Crippen LogP contribution in [0.3, 0.4) is 0 Å². The first kappa shape index (κ1) is 15.2. The molecule has 1 aliphatic rings. The van der Waals surface area contributed by atoms with E-state index in [1.54, 1.807) is 18.3 Å². The lowest BCUT2D eigenvalue weighted by molar-refractivity contribution is -0.140. The summed E-state index contributed by atoms with van der Waals surface area (Å²) in [5.41, 5.74) is 0.911. The maximum atomic E-state index is 13.0. The Kier molecular flexibility index (Phi) is 3.80. The van der Waals surface area contributed by atoms with E-state index >= 15 is 0 Å². The van der Waals surface area contributed by atoms with Crippen molar-refractivity contribution in [2.45, 2.75) is 58.4 Å². The zero-order valence-corrected chi connectivity index (χ0v) is 13.9. The number of carbonyl (C=O) groups is 1. The van der Waals surface area contributed by atoms with Gasteiger partial charge in [0.2, 0.25) is 0 Å². The van der Waals surface area contributed by atoms with Gasteiger partial charge in [-0.3, -0.25) is 9.36 Å². The molecule has 5 nitrogen and oxygen atoms in total. The van der Waals surface area contributed by atoms with E-state index in [-0.39, 0.29) is 11.5 Å². The Bertz CT molecular complexity index is 804. The van der Waals surface area contributed by atoms with Crippen LogP contribution in [0.4, 0.5) is 0 Å². The summed E-state index contributed by atoms with van der Waals surface area (Å²) < 4.78 is 1.37. The van der Waals surface area contributed by atoms with Gasteiger partial charge in [-0.2, -0.15) is 0 Å². The largest absolute Gasteiger partial charge is 0.480 e.